The third-order valence-electron chi connectivity index (χ3n) is 12.3. The average molecular weight is 775 g/mol. The van der Waals surface area contributed by atoms with Crippen molar-refractivity contribution in [2.45, 2.75) is 191 Å². The highest BCUT2D eigenvalue weighted by Crippen LogP contribution is 2.47. The fourth-order valence-corrected chi connectivity index (χ4v) is 11.4. The van der Waals surface area contributed by atoms with Gasteiger partial charge < -0.3 is 22.4 Å². The Morgan fingerprint density at radius 3 is 1.33 bits per heavy atom. The van der Waals surface area contributed by atoms with E-state index in [9.17, 15) is 8.42 Å². The molecular formula is C37H74O7SSi4. The van der Waals surface area contributed by atoms with Crippen molar-refractivity contribution in [3.05, 3.63) is 35.9 Å². The molecule has 12 heteroatoms. The van der Waals surface area contributed by atoms with E-state index in [2.05, 4.69) is 135 Å². The second-order valence-electron chi connectivity index (χ2n) is 20.4. The van der Waals surface area contributed by atoms with Crippen LogP contribution in [0.3, 0.4) is 0 Å². The molecule has 1 saturated heterocycles. The molecular weight excluding hydrogens is 701 g/mol. The molecule has 0 N–H and O–H groups in total. The molecule has 0 unspecified atom stereocenters. The van der Waals surface area contributed by atoms with Gasteiger partial charge in [-0.15, -0.1) is 0 Å². The molecule has 2 rings (SSSR count). The first kappa shape index (κ1) is 45.0. The van der Waals surface area contributed by atoms with Crippen molar-refractivity contribution in [2.24, 2.45) is 0 Å². The van der Waals surface area contributed by atoms with Gasteiger partial charge in [0.05, 0.1) is 12.4 Å². The van der Waals surface area contributed by atoms with E-state index in [1.807, 2.05) is 30.3 Å². The standard InChI is InChI=1S/C37H74O7SSi4/c1-34(2,3)46(13,14)40-26-29-30(42-47(15,16)35(4,5)6)31(43-48(17,18)36(7,8)9)32(44-49(19,20)37(10,11)12)33(41-29)45(38,39)27-28-24-22-21-23-25-28/h21-25,29-33H,26-27H2,1-20H3/t29-,30-,31+,32-,33+/m1/s1. The van der Waals surface area contributed by atoms with Gasteiger partial charge in [-0.3, -0.25) is 0 Å². The molecule has 1 aliphatic rings. The lowest BCUT2D eigenvalue weighted by Gasteiger charge is -2.54. The Labute approximate surface area is 306 Å². The predicted molar refractivity (Wildman–Crippen MR) is 217 cm³/mol. The lowest BCUT2D eigenvalue weighted by Crippen LogP contribution is -2.69. The topological polar surface area (TPSA) is 80.3 Å². The van der Waals surface area contributed by atoms with E-state index in [-0.39, 0.29) is 32.5 Å². The van der Waals surface area contributed by atoms with E-state index in [1.54, 1.807) is 0 Å². The number of benzene rings is 1. The number of sulfone groups is 1. The van der Waals surface area contributed by atoms with Crippen molar-refractivity contribution in [3.8, 4) is 0 Å². The van der Waals surface area contributed by atoms with Crippen LogP contribution in [-0.2, 0) is 38.0 Å². The summed E-state index contributed by atoms with van der Waals surface area (Å²) in [5.74, 6) is -0.160. The van der Waals surface area contributed by atoms with Crippen molar-refractivity contribution in [3.63, 3.8) is 0 Å². The summed E-state index contributed by atoms with van der Waals surface area (Å²) < 4.78 is 65.4. The summed E-state index contributed by atoms with van der Waals surface area (Å²) in [5.41, 5.74) is -0.545. The summed E-state index contributed by atoms with van der Waals surface area (Å²) in [4.78, 5) is 0. The van der Waals surface area contributed by atoms with Gasteiger partial charge in [-0.05, 0) is 78.1 Å². The second-order valence-corrected chi connectivity index (χ2v) is 41.6. The van der Waals surface area contributed by atoms with Gasteiger partial charge in [-0.25, -0.2) is 8.42 Å². The van der Waals surface area contributed by atoms with E-state index < -0.39 is 73.0 Å². The highest BCUT2D eigenvalue weighted by atomic mass is 32.2. The predicted octanol–water partition coefficient (Wildman–Crippen LogP) is 10.5. The normalized spacial score (nSPS) is 24.3. The summed E-state index contributed by atoms with van der Waals surface area (Å²) in [7, 11) is -13.7. The minimum absolute atomic E-state index is 0.0404. The largest absolute Gasteiger partial charge is 0.414 e. The molecule has 0 spiro atoms. The van der Waals surface area contributed by atoms with Crippen LogP contribution in [0, 0.1) is 0 Å². The van der Waals surface area contributed by atoms with Crippen LogP contribution < -0.4 is 0 Å². The third-order valence-corrected chi connectivity index (χ3v) is 32.0. The van der Waals surface area contributed by atoms with Crippen LogP contribution in [0.15, 0.2) is 30.3 Å². The van der Waals surface area contributed by atoms with E-state index in [1.165, 1.54) is 0 Å². The monoisotopic (exact) mass is 774 g/mol. The van der Waals surface area contributed by atoms with Gasteiger partial charge in [0.25, 0.3) is 0 Å². The summed E-state index contributed by atoms with van der Waals surface area (Å²) in [6.07, 6.45) is -2.82. The number of hydrogen-bond acceptors (Lipinski definition) is 7. The van der Waals surface area contributed by atoms with Gasteiger partial charge in [0.2, 0.25) is 0 Å². The van der Waals surface area contributed by atoms with Crippen molar-refractivity contribution in [1.82, 2.24) is 0 Å². The molecule has 0 bridgehead atoms. The molecule has 0 amide bonds. The van der Waals surface area contributed by atoms with E-state index in [0.29, 0.717) is 5.56 Å². The van der Waals surface area contributed by atoms with Crippen LogP contribution in [0.5, 0.6) is 0 Å². The molecule has 0 aliphatic carbocycles. The van der Waals surface area contributed by atoms with Gasteiger partial charge in [0.1, 0.15) is 24.4 Å². The fourth-order valence-electron chi connectivity index (χ4n) is 4.65. The highest BCUT2D eigenvalue weighted by Gasteiger charge is 2.59. The summed E-state index contributed by atoms with van der Waals surface area (Å²) in [5, 5.41) is -0.465. The minimum Gasteiger partial charge on any atom is -0.414 e. The third kappa shape index (κ3) is 10.9. The number of rotatable bonds is 12. The first-order chi connectivity index (χ1) is 21.6. The average Bonchev–Trinajstić information content (AvgIpc) is 2.87. The molecule has 7 nitrogen and oxygen atoms in total. The molecule has 0 aromatic heterocycles. The Hall–Kier alpha value is -0.162. The van der Waals surface area contributed by atoms with Gasteiger partial charge in [0.15, 0.2) is 48.5 Å². The summed E-state index contributed by atoms with van der Waals surface area (Å²) in [6.45, 7) is 44.4. The maximum absolute atomic E-state index is 14.8. The Bertz CT molecular complexity index is 1340. The van der Waals surface area contributed by atoms with Gasteiger partial charge >= 0.3 is 0 Å². The molecule has 0 saturated carbocycles. The first-order valence-electron chi connectivity index (χ1n) is 18.1. The van der Waals surface area contributed by atoms with Crippen LogP contribution in [0.4, 0.5) is 0 Å². The fraction of sp³-hybridized carbons (Fsp3) is 0.838. The zero-order chi connectivity index (χ0) is 38.4. The van der Waals surface area contributed by atoms with Crippen LogP contribution in [0.25, 0.3) is 0 Å². The molecule has 286 valence electrons. The van der Waals surface area contributed by atoms with E-state index in [0.717, 1.165) is 0 Å². The molecule has 5 atom stereocenters. The van der Waals surface area contributed by atoms with Crippen molar-refractivity contribution in [2.75, 3.05) is 6.61 Å². The van der Waals surface area contributed by atoms with Crippen molar-refractivity contribution >= 4 is 43.1 Å². The highest BCUT2D eigenvalue weighted by molar-refractivity contribution is 7.91. The molecule has 1 aromatic carbocycles. The van der Waals surface area contributed by atoms with Gasteiger partial charge in [0, 0.05) is 0 Å². The maximum atomic E-state index is 14.8. The van der Waals surface area contributed by atoms with Crippen molar-refractivity contribution in [1.29, 1.82) is 0 Å². The summed E-state index contributed by atoms with van der Waals surface area (Å²) >= 11 is 0. The minimum atomic E-state index is -3.92. The van der Waals surface area contributed by atoms with E-state index in [4.69, 9.17) is 22.4 Å². The zero-order valence-corrected chi connectivity index (χ0v) is 39.8. The van der Waals surface area contributed by atoms with Crippen LogP contribution in [0.2, 0.25) is 72.5 Å². The molecule has 49 heavy (non-hydrogen) atoms. The summed E-state index contributed by atoms with van der Waals surface area (Å²) in [6, 6.07) is 9.36. The maximum Gasteiger partial charge on any atom is 0.192 e. The molecule has 0 radical (unpaired) electrons. The number of ether oxygens (including phenoxy) is 1. The Morgan fingerprint density at radius 2 is 0.939 bits per heavy atom. The number of hydrogen-bond donors (Lipinski definition) is 0. The van der Waals surface area contributed by atoms with Crippen LogP contribution >= 0.6 is 0 Å². The first-order valence-corrected chi connectivity index (χ1v) is 31.5. The van der Waals surface area contributed by atoms with E-state index >= 15 is 0 Å². The van der Waals surface area contributed by atoms with Crippen molar-refractivity contribution < 1.29 is 30.9 Å². The Balaban J connectivity index is 2.96. The van der Waals surface area contributed by atoms with Crippen LogP contribution in [-0.4, -0.2) is 78.1 Å². The second kappa shape index (κ2) is 14.9. The molecule has 1 aromatic rings. The Morgan fingerprint density at radius 1 is 0.571 bits per heavy atom. The molecule has 1 heterocycles. The van der Waals surface area contributed by atoms with Gasteiger partial charge in [-0.1, -0.05) is 113 Å². The molecule has 1 aliphatic heterocycles. The quantitative estimate of drug-likeness (QED) is 0.196. The van der Waals surface area contributed by atoms with Gasteiger partial charge in [-0.2, -0.15) is 0 Å². The smallest absolute Gasteiger partial charge is 0.192 e. The Kier molecular flexibility index (Phi) is 13.7. The lowest BCUT2D eigenvalue weighted by molar-refractivity contribution is -0.193. The molecule has 1 fully saturated rings. The zero-order valence-electron chi connectivity index (χ0n) is 35.0. The lowest BCUT2D eigenvalue weighted by atomic mass is 10.0. The van der Waals surface area contributed by atoms with Crippen LogP contribution in [0.1, 0.15) is 88.6 Å². The SMILES string of the molecule is CC(C)(C)[Si](C)(C)OC[C@H]1O[C@@H](S(=O)(=O)Cc2ccccc2)[C@H](O[Si](C)(C)C(C)(C)C)[C@@H](O[Si](C)(C)C(C)(C)C)[C@@H]1O[Si](C)(C)C(C)(C)C.